The van der Waals surface area contributed by atoms with E-state index in [9.17, 15) is 23.2 Å². The average Bonchev–Trinajstić information content (AvgIpc) is 2.69. The Morgan fingerprint density at radius 1 is 1.17 bits per heavy atom. The van der Waals surface area contributed by atoms with E-state index >= 15 is 0 Å². The lowest BCUT2D eigenvalue weighted by atomic mass is 9.93. The van der Waals surface area contributed by atoms with Crippen molar-refractivity contribution in [2.75, 3.05) is 29.1 Å². The molecule has 1 unspecified atom stereocenters. The van der Waals surface area contributed by atoms with Gasteiger partial charge in [0.2, 0.25) is 5.91 Å². The molecular weight excluding hydrogens is 434 g/mol. The first-order chi connectivity index (χ1) is 14.3. The number of hydrogen-bond acceptors (Lipinski definition) is 4. The molecule has 0 aromatic heterocycles. The van der Waals surface area contributed by atoms with Crippen LogP contribution in [0.4, 0.5) is 20.2 Å². The Kier molecular flexibility index (Phi) is 5.94. The summed E-state index contributed by atoms with van der Waals surface area (Å²) in [5.41, 5.74) is -0.149. The molecule has 1 atom stereocenters. The number of carbonyl (C=O) groups is 1. The Balaban J connectivity index is 1.46. The van der Waals surface area contributed by atoms with Gasteiger partial charge in [0.25, 0.3) is 0 Å². The number of amides is 1. The molecule has 2 heterocycles. The second-order valence-corrected chi connectivity index (χ2v) is 9.60. The Labute approximate surface area is 181 Å². The van der Waals surface area contributed by atoms with Crippen molar-refractivity contribution in [3.8, 4) is 0 Å². The van der Waals surface area contributed by atoms with Gasteiger partial charge in [0, 0.05) is 30.1 Å². The standard InChI is InChI=1S/C21H21ClF2N2O3S/c22-13-1-4-17(16(24)11-13)26-9-7-21(28,8-10-26)12-30(29)18-5-3-15(23)20-14(18)2-6-19(27)25-20/h1,3-5,11,28H,2,6-10,12H2,(H,25,27). The number of rotatable bonds is 4. The molecule has 160 valence electrons. The minimum absolute atomic E-state index is 0.00401. The maximum atomic E-state index is 14.2. The van der Waals surface area contributed by atoms with Gasteiger partial charge in [0.05, 0.1) is 11.4 Å². The molecule has 1 amide bonds. The van der Waals surface area contributed by atoms with Crippen molar-refractivity contribution in [1.82, 2.24) is 0 Å². The van der Waals surface area contributed by atoms with E-state index in [1.165, 1.54) is 18.2 Å². The summed E-state index contributed by atoms with van der Waals surface area (Å²) in [6, 6.07) is 7.13. The van der Waals surface area contributed by atoms with E-state index in [1.54, 1.807) is 12.1 Å². The van der Waals surface area contributed by atoms with Crippen LogP contribution < -0.4 is 10.2 Å². The van der Waals surface area contributed by atoms with Crippen LogP contribution in [0.25, 0.3) is 0 Å². The third-order valence-electron chi connectivity index (χ3n) is 5.68. The van der Waals surface area contributed by atoms with Crippen molar-refractivity contribution in [2.45, 2.75) is 36.2 Å². The van der Waals surface area contributed by atoms with E-state index in [0.29, 0.717) is 53.5 Å². The summed E-state index contributed by atoms with van der Waals surface area (Å²) < 4.78 is 41.3. The van der Waals surface area contributed by atoms with E-state index < -0.39 is 28.4 Å². The number of benzene rings is 2. The fourth-order valence-corrected chi connectivity index (χ4v) is 5.79. The van der Waals surface area contributed by atoms with E-state index in [-0.39, 0.29) is 23.8 Å². The molecule has 2 aromatic carbocycles. The Bertz CT molecular complexity index is 983. The van der Waals surface area contributed by atoms with Gasteiger partial charge in [0.1, 0.15) is 23.0 Å². The largest absolute Gasteiger partial charge is 0.611 e. The van der Waals surface area contributed by atoms with Crippen LogP contribution in [0.5, 0.6) is 0 Å². The summed E-state index contributed by atoms with van der Waals surface area (Å²) in [5, 5.41) is 13.8. The normalized spacial score (nSPS) is 19.2. The van der Waals surface area contributed by atoms with Crippen molar-refractivity contribution in [3.63, 3.8) is 0 Å². The number of aliphatic hydroxyl groups is 1. The van der Waals surface area contributed by atoms with Crippen LogP contribution in [0.1, 0.15) is 24.8 Å². The molecule has 0 bridgehead atoms. The maximum absolute atomic E-state index is 14.2. The Hall–Kier alpha value is -1.87. The minimum atomic E-state index is -1.57. The van der Waals surface area contributed by atoms with Crippen molar-refractivity contribution in [1.29, 1.82) is 0 Å². The number of nitrogens with one attached hydrogen (secondary N) is 1. The minimum Gasteiger partial charge on any atom is -0.611 e. The highest BCUT2D eigenvalue weighted by molar-refractivity contribution is 7.91. The molecule has 0 aliphatic carbocycles. The van der Waals surface area contributed by atoms with Crippen LogP contribution in [-0.2, 0) is 22.4 Å². The zero-order valence-corrected chi connectivity index (χ0v) is 17.7. The summed E-state index contributed by atoms with van der Waals surface area (Å²) in [6.45, 7) is 0.813. The van der Waals surface area contributed by atoms with Crippen LogP contribution >= 0.6 is 11.6 Å². The number of nitrogens with zero attached hydrogens (tertiary/aromatic N) is 1. The highest BCUT2D eigenvalue weighted by Crippen LogP contribution is 2.35. The van der Waals surface area contributed by atoms with Crippen LogP contribution in [0.15, 0.2) is 35.2 Å². The number of hydrogen-bond donors (Lipinski definition) is 2. The van der Waals surface area contributed by atoms with Crippen molar-refractivity contribution < 1.29 is 23.2 Å². The van der Waals surface area contributed by atoms with E-state index in [1.807, 2.05) is 4.90 Å². The first kappa shape index (κ1) is 21.4. The summed E-state index contributed by atoms with van der Waals surface area (Å²) in [6.07, 6.45) is 1.15. The third-order valence-corrected chi connectivity index (χ3v) is 7.58. The summed E-state index contributed by atoms with van der Waals surface area (Å²) >= 11 is 4.24. The molecule has 2 aliphatic heterocycles. The van der Waals surface area contributed by atoms with Gasteiger partial charge in [-0.1, -0.05) is 11.6 Å². The van der Waals surface area contributed by atoms with Crippen LogP contribution in [0.3, 0.4) is 0 Å². The fraction of sp³-hybridized carbons (Fsp3) is 0.381. The molecule has 0 radical (unpaired) electrons. The van der Waals surface area contributed by atoms with Crippen LogP contribution in [0, 0.1) is 11.6 Å². The number of fused-ring (bicyclic) bond motifs is 1. The summed E-state index contributed by atoms with van der Waals surface area (Å²) in [5.74, 6) is -1.26. The lowest BCUT2D eigenvalue weighted by Crippen LogP contribution is -2.48. The predicted octanol–water partition coefficient (Wildman–Crippen LogP) is 3.64. The molecule has 0 saturated carbocycles. The second-order valence-electron chi connectivity index (χ2n) is 7.74. The SMILES string of the molecule is O=C1CCc2c([S+]([O-])CC3(O)CCN(c4ccc(Cl)cc4F)CC3)ccc(F)c2N1. The molecular formula is C21H21ClF2N2O3S. The van der Waals surface area contributed by atoms with Crippen molar-refractivity contribution in [2.24, 2.45) is 0 Å². The molecule has 1 fully saturated rings. The van der Waals surface area contributed by atoms with Gasteiger partial charge in [0.15, 0.2) is 4.90 Å². The summed E-state index contributed by atoms with van der Waals surface area (Å²) in [7, 11) is 0. The molecule has 2 aromatic rings. The molecule has 9 heteroatoms. The second kappa shape index (κ2) is 8.34. The molecule has 1 saturated heterocycles. The first-order valence-electron chi connectivity index (χ1n) is 9.68. The molecule has 5 nitrogen and oxygen atoms in total. The number of piperidine rings is 1. The van der Waals surface area contributed by atoms with E-state index in [0.717, 1.165) is 0 Å². The van der Waals surface area contributed by atoms with Crippen LogP contribution in [0.2, 0.25) is 5.02 Å². The highest BCUT2D eigenvalue weighted by Gasteiger charge is 2.39. The monoisotopic (exact) mass is 454 g/mol. The van der Waals surface area contributed by atoms with Gasteiger partial charge in [-0.25, -0.2) is 8.78 Å². The quantitative estimate of drug-likeness (QED) is 0.691. The van der Waals surface area contributed by atoms with E-state index in [2.05, 4.69) is 5.32 Å². The topological polar surface area (TPSA) is 75.6 Å². The van der Waals surface area contributed by atoms with Gasteiger partial charge in [-0.05, 0) is 60.8 Å². The zero-order valence-electron chi connectivity index (χ0n) is 16.1. The van der Waals surface area contributed by atoms with Crippen molar-refractivity contribution >= 4 is 40.1 Å². The van der Waals surface area contributed by atoms with Gasteiger partial charge in [-0.2, -0.15) is 0 Å². The highest BCUT2D eigenvalue weighted by atomic mass is 35.5. The average molecular weight is 455 g/mol. The zero-order chi connectivity index (χ0) is 21.5. The lowest BCUT2D eigenvalue weighted by Gasteiger charge is -2.39. The van der Waals surface area contributed by atoms with Gasteiger partial charge >= 0.3 is 0 Å². The Morgan fingerprint density at radius 2 is 1.90 bits per heavy atom. The lowest BCUT2D eigenvalue weighted by molar-refractivity contribution is -0.116. The molecule has 2 N–H and O–H groups in total. The molecule has 2 aliphatic rings. The van der Waals surface area contributed by atoms with Gasteiger partial charge < -0.3 is 19.9 Å². The van der Waals surface area contributed by atoms with Crippen molar-refractivity contribution in [3.05, 3.63) is 52.6 Å². The number of anilines is 2. The fourth-order valence-electron chi connectivity index (χ4n) is 4.00. The van der Waals surface area contributed by atoms with Crippen LogP contribution in [-0.4, -0.2) is 40.0 Å². The first-order valence-corrected chi connectivity index (χ1v) is 11.4. The third kappa shape index (κ3) is 4.27. The van der Waals surface area contributed by atoms with E-state index in [4.69, 9.17) is 11.6 Å². The Morgan fingerprint density at radius 3 is 2.60 bits per heavy atom. The number of carbonyl (C=O) groups excluding carboxylic acids is 1. The van der Waals surface area contributed by atoms with Gasteiger partial charge in [-0.3, -0.25) is 4.79 Å². The molecule has 30 heavy (non-hydrogen) atoms. The predicted molar refractivity (Wildman–Crippen MR) is 112 cm³/mol. The van der Waals surface area contributed by atoms with Gasteiger partial charge in [-0.15, -0.1) is 0 Å². The summed E-state index contributed by atoms with van der Waals surface area (Å²) in [4.78, 5) is 13.9. The smallest absolute Gasteiger partial charge is 0.224 e. The number of halogens is 3. The molecule has 0 spiro atoms. The molecule has 4 rings (SSSR count). The maximum Gasteiger partial charge on any atom is 0.224 e.